The van der Waals surface area contributed by atoms with E-state index in [1.54, 1.807) is 18.0 Å². The first-order chi connectivity index (χ1) is 6.09. The van der Waals surface area contributed by atoms with Crippen LogP contribution in [0.1, 0.15) is 0 Å². The minimum atomic E-state index is -0.391. The maximum Gasteiger partial charge on any atom is 0.236 e. The lowest BCUT2D eigenvalue weighted by atomic mass is 10.5. The molecule has 1 rings (SSSR count). The van der Waals surface area contributed by atoms with Crippen molar-refractivity contribution in [3.63, 3.8) is 0 Å². The number of nitrogens with zero attached hydrogens (tertiary/aromatic N) is 3. The van der Waals surface area contributed by atoms with Gasteiger partial charge in [0.15, 0.2) is 0 Å². The highest BCUT2D eigenvalue weighted by molar-refractivity contribution is 9.10. The van der Waals surface area contributed by atoms with Crippen molar-refractivity contribution in [1.29, 1.82) is 0 Å². The van der Waals surface area contributed by atoms with Crippen LogP contribution in [0.15, 0.2) is 17.0 Å². The van der Waals surface area contributed by atoms with E-state index in [0.29, 0.717) is 10.4 Å². The van der Waals surface area contributed by atoms with Crippen molar-refractivity contribution in [2.45, 2.75) is 0 Å². The Hall–Kier alpha value is -1.17. The number of carbonyl (C=O) groups is 1. The molecule has 1 amide bonds. The number of amides is 1. The van der Waals surface area contributed by atoms with Crippen molar-refractivity contribution in [2.24, 2.45) is 5.73 Å². The number of nitrogens with two attached hydrogens (primary N) is 1. The molecule has 0 aromatic carbocycles. The number of hydrogen-bond acceptors (Lipinski definition) is 4. The van der Waals surface area contributed by atoms with Gasteiger partial charge in [0, 0.05) is 13.1 Å². The van der Waals surface area contributed by atoms with Crippen molar-refractivity contribution in [2.75, 3.05) is 18.5 Å². The third-order valence-electron chi connectivity index (χ3n) is 1.40. The zero-order valence-electron chi connectivity index (χ0n) is 7.07. The second kappa shape index (κ2) is 4.18. The summed E-state index contributed by atoms with van der Waals surface area (Å²) in [5, 5.41) is 0. The van der Waals surface area contributed by atoms with E-state index in [2.05, 4.69) is 25.9 Å². The van der Waals surface area contributed by atoms with Gasteiger partial charge in [-0.1, -0.05) is 0 Å². The Labute approximate surface area is 84.1 Å². The fourth-order valence-corrected chi connectivity index (χ4v) is 1.14. The first kappa shape index (κ1) is 9.91. The molecule has 5 nitrogen and oxygen atoms in total. The lowest BCUT2D eigenvalue weighted by Gasteiger charge is -2.15. The van der Waals surface area contributed by atoms with Crippen molar-refractivity contribution in [3.8, 4) is 0 Å². The van der Waals surface area contributed by atoms with E-state index in [9.17, 15) is 4.79 Å². The summed E-state index contributed by atoms with van der Waals surface area (Å²) in [6.45, 7) is 0.142. The van der Waals surface area contributed by atoms with Gasteiger partial charge in [0.1, 0.15) is 16.7 Å². The Morgan fingerprint density at radius 3 is 2.92 bits per heavy atom. The molecule has 1 heterocycles. The highest BCUT2D eigenvalue weighted by atomic mass is 79.9. The van der Waals surface area contributed by atoms with Crippen LogP contribution in [0, 0.1) is 0 Å². The third-order valence-corrected chi connectivity index (χ3v) is 1.84. The lowest BCUT2D eigenvalue weighted by Crippen LogP contribution is -2.31. The van der Waals surface area contributed by atoms with Crippen LogP contribution in [0.2, 0.25) is 0 Å². The number of hydrogen-bond donors (Lipinski definition) is 1. The van der Waals surface area contributed by atoms with Crippen LogP contribution in [0.5, 0.6) is 0 Å². The number of aromatic nitrogens is 2. The summed E-state index contributed by atoms with van der Waals surface area (Å²) in [7, 11) is 1.74. The highest BCUT2D eigenvalue weighted by Gasteiger charge is 2.05. The summed E-state index contributed by atoms with van der Waals surface area (Å²) >= 11 is 3.20. The lowest BCUT2D eigenvalue weighted by molar-refractivity contribution is -0.116. The van der Waals surface area contributed by atoms with Crippen LogP contribution in [0.25, 0.3) is 0 Å². The predicted molar refractivity (Wildman–Crippen MR) is 52.2 cm³/mol. The monoisotopic (exact) mass is 244 g/mol. The van der Waals surface area contributed by atoms with Crippen LogP contribution in [0.4, 0.5) is 5.82 Å². The summed E-state index contributed by atoms with van der Waals surface area (Å²) in [5.74, 6) is 0.262. The van der Waals surface area contributed by atoms with Gasteiger partial charge in [0.2, 0.25) is 5.91 Å². The Bertz CT molecular complexity index is 317. The fraction of sp³-hybridized carbons (Fsp3) is 0.286. The SMILES string of the molecule is CN(CC(N)=O)c1cc(Br)ncn1. The standard InChI is InChI=1S/C7H9BrN4O/c1-12(3-6(9)13)7-2-5(8)10-4-11-7/h2,4H,3H2,1H3,(H2,9,13). The van der Waals surface area contributed by atoms with Crippen LogP contribution >= 0.6 is 15.9 Å². The zero-order chi connectivity index (χ0) is 9.84. The number of carbonyl (C=O) groups excluding carboxylic acids is 1. The van der Waals surface area contributed by atoms with Crippen LogP contribution in [-0.2, 0) is 4.79 Å². The van der Waals surface area contributed by atoms with Gasteiger partial charge >= 0.3 is 0 Å². The average molecular weight is 245 g/mol. The van der Waals surface area contributed by atoms with Crippen molar-refractivity contribution in [3.05, 3.63) is 17.0 Å². The second-order valence-electron chi connectivity index (χ2n) is 2.52. The first-order valence-electron chi connectivity index (χ1n) is 3.56. The van der Waals surface area contributed by atoms with Crippen LogP contribution in [-0.4, -0.2) is 29.5 Å². The highest BCUT2D eigenvalue weighted by Crippen LogP contribution is 2.12. The maximum atomic E-state index is 10.6. The molecule has 0 aliphatic carbocycles. The number of rotatable bonds is 3. The van der Waals surface area contributed by atoms with E-state index in [4.69, 9.17) is 5.73 Å². The van der Waals surface area contributed by atoms with Gasteiger partial charge in [-0.3, -0.25) is 4.79 Å². The van der Waals surface area contributed by atoms with E-state index in [-0.39, 0.29) is 6.54 Å². The van der Waals surface area contributed by atoms with Crippen molar-refractivity contribution in [1.82, 2.24) is 9.97 Å². The minimum absolute atomic E-state index is 0.142. The molecule has 0 bridgehead atoms. The normalized spacial score (nSPS) is 9.69. The van der Waals surface area contributed by atoms with Gasteiger partial charge in [-0.2, -0.15) is 0 Å². The van der Waals surface area contributed by atoms with Gasteiger partial charge in [-0.25, -0.2) is 9.97 Å². The molecular formula is C7H9BrN4O. The summed E-state index contributed by atoms with van der Waals surface area (Å²) in [4.78, 5) is 20.1. The molecular weight excluding hydrogens is 236 g/mol. The zero-order valence-corrected chi connectivity index (χ0v) is 8.65. The molecule has 13 heavy (non-hydrogen) atoms. The van der Waals surface area contributed by atoms with Crippen molar-refractivity contribution < 1.29 is 4.79 Å². The minimum Gasteiger partial charge on any atom is -0.368 e. The largest absolute Gasteiger partial charge is 0.368 e. The predicted octanol–water partition coefficient (Wildman–Crippen LogP) is 0.161. The van der Waals surface area contributed by atoms with Crippen LogP contribution in [0.3, 0.4) is 0 Å². The van der Waals surface area contributed by atoms with Crippen LogP contribution < -0.4 is 10.6 Å². The Morgan fingerprint density at radius 2 is 2.38 bits per heavy atom. The first-order valence-corrected chi connectivity index (χ1v) is 4.36. The molecule has 70 valence electrons. The quantitative estimate of drug-likeness (QED) is 0.770. The van der Waals surface area contributed by atoms with E-state index >= 15 is 0 Å². The molecule has 0 aliphatic rings. The topological polar surface area (TPSA) is 72.1 Å². The molecule has 2 N–H and O–H groups in total. The molecule has 0 unspecified atom stereocenters. The van der Waals surface area contributed by atoms with Gasteiger partial charge in [-0.05, 0) is 15.9 Å². The molecule has 0 spiro atoms. The Kier molecular flexibility index (Phi) is 3.18. The average Bonchev–Trinajstić information content (AvgIpc) is 2.03. The Morgan fingerprint density at radius 1 is 1.69 bits per heavy atom. The van der Waals surface area contributed by atoms with Gasteiger partial charge < -0.3 is 10.6 Å². The molecule has 0 atom stereocenters. The number of anilines is 1. The smallest absolute Gasteiger partial charge is 0.236 e. The second-order valence-corrected chi connectivity index (χ2v) is 3.33. The molecule has 0 saturated heterocycles. The van der Waals surface area contributed by atoms with Crippen molar-refractivity contribution >= 4 is 27.7 Å². The summed E-state index contributed by atoms with van der Waals surface area (Å²) in [6, 6.07) is 1.71. The molecule has 1 aromatic rings. The number of primary amides is 1. The van der Waals surface area contributed by atoms with Gasteiger partial charge in [0.25, 0.3) is 0 Å². The van der Waals surface area contributed by atoms with E-state index in [1.807, 2.05) is 0 Å². The fourth-order valence-electron chi connectivity index (χ4n) is 0.848. The number of likely N-dealkylation sites (N-methyl/N-ethyl adjacent to an activating group) is 1. The van der Waals surface area contributed by atoms with E-state index in [1.165, 1.54) is 6.33 Å². The molecule has 0 aliphatic heterocycles. The molecule has 1 aromatic heterocycles. The molecule has 0 radical (unpaired) electrons. The number of halogens is 1. The molecule has 6 heteroatoms. The summed E-state index contributed by atoms with van der Waals surface area (Å²) in [5.41, 5.74) is 5.03. The summed E-state index contributed by atoms with van der Waals surface area (Å²) in [6.07, 6.45) is 1.41. The Balaban J connectivity index is 2.76. The third kappa shape index (κ3) is 2.98. The van der Waals surface area contributed by atoms with Gasteiger partial charge in [-0.15, -0.1) is 0 Å². The summed E-state index contributed by atoms with van der Waals surface area (Å²) < 4.78 is 0.675. The van der Waals surface area contributed by atoms with E-state index in [0.717, 1.165) is 0 Å². The van der Waals surface area contributed by atoms with Gasteiger partial charge in [0.05, 0.1) is 6.54 Å². The van der Waals surface area contributed by atoms with E-state index < -0.39 is 5.91 Å². The molecule has 0 fully saturated rings. The maximum absolute atomic E-state index is 10.6. The molecule has 0 saturated carbocycles.